The van der Waals surface area contributed by atoms with Crippen molar-refractivity contribution in [3.05, 3.63) is 0 Å². The van der Waals surface area contributed by atoms with Crippen molar-refractivity contribution in [2.45, 2.75) is 50.9 Å². The van der Waals surface area contributed by atoms with E-state index in [1.54, 1.807) is 0 Å². The molecule has 1 atom stereocenters. The number of rotatable bonds is 1. The van der Waals surface area contributed by atoms with Crippen molar-refractivity contribution in [1.82, 2.24) is 5.32 Å². The van der Waals surface area contributed by atoms with Gasteiger partial charge in [0.2, 0.25) is 0 Å². The van der Waals surface area contributed by atoms with Crippen LogP contribution in [0.2, 0.25) is 23.7 Å². The quantitative estimate of drug-likeness (QED) is 0.619. The maximum atomic E-state index is 3.49. The van der Waals surface area contributed by atoms with Crippen molar-refractivity contribution >= 4 is 8.07 Å². The lowest BCUT2D eigenvalue weighted by Crippen LogP contribution is -2.42. The van der Waals surface area contributed by atoms with Crippen molar-refractivity contribution in [2.24, 2.45) is 0 Å². The number of hydrogen-bond donors (Lipinski definition) is 1. The SMILES string of the molecule is CC(C)(C)[Si](C)(C)[C@H]1CCNC1. The van der Waals surface area contributed by atoms with E-state index >= 15 is 0 Å². The molecule has 1 nitrogen and oxygen atoms in total. The maximum Gasteiger partial charge on any atom is 0.0571 e. The highest BCUT2D eigenvalue weighted by Gasteiger charge is 2.42. The van der Waals surface area contributed by atoms with Crippen LogP contribution in [0.4, 0.5) is 0 Å². The lowest BCUT2D eigenvalue weighted by Gasteiger charge is -2.41. The third-order valence-corrected chi connectivity index (χ3v) is 10.4. The average Bonchev–Trinajstić information content (AvgIpc) is 2.34. The standard InChI is InChI=1S/C10H23NSi/c1-10(2,3)12(4,5)9-6-7-11-8-9/h9,11H,6-8H2,1-5H3/t9-/m0/s1. The minimum atomic E-state index is -1.03. The van der Waals surface area contributed by atoms with Crippen LogP contribution in [0, 0.1) is 0 Å². The van der Waals surface area contributed by atoms with Gasteiger partial charge in [-0.3, -0.25) is 0 Å². The van der Waals surface area contributed by atoms with Gasteiger partial charge in [-0.2, -0.15) is 0 Å². The molecule has 1 heterocycles. The summed E-state index contributed by atoms with van der Waals surface area (Å²) in [6.07, 6.45) is 1.41. The zero-order valence-corrected chi connectivity index (χ0v) is 10.2. The summed E-state index contributed by atoms with van der Waals surface area (Å²) >= 11 is 0. The molecular weight excluding hydrogens is 162 g/mol. The summed E-state index contributed by atoms with van der Waals surface area (Å²) in [5, 5.41) is 4.04. The van der Waals surface area contributed by atoms with Crippen molar-refractivity contribution in [2.75, 3.05) is 13.1 Å². The molecule has 1 aliphatic rings. The van der Waals surface area contributed by atoms with E-state index in [0.717, 1.165) is 5.54 Å². The summed E-state index contributed by atoms with van der Waals surface area (Å²) < 4.78 is 0. The van der Waals surface area contributed by atoms with Crippen LogP contribution in [0.25, 0.3) is 0 Å². The summed E-state index contributed by atoms with van der Waals surface area (Å²) in [6.45, 7) is 14.9. The fourth-order valence-electron chi connectivity index (χ4n) is 1.88. The van der Waals surface area contributed by atoms with Crippen molar-refractivity contribution < 1.29 is 0 Å². The minimum absolute atomic E-state index is 0.559. The second kappa shape index (κ2) is 3.15. The predicted octanol–water partition coefficient (Wildman–Crippen LogP) is 2.86. The smallest absolute Gasteiger partial charge is 0.0571 e. The Kier molecular flexibility index (Phi) is 2.69. The molecule has 0 bridgehead atoms. The van der Waals surface area contributed by atoms with Gasteiger partial charge in [-0.1, -0.05) is 33.9 Å². The Morgan fingerprint density at radius 2 is 1.83 bits per heavy atom. The van der Waals surface area contributed by atoms with Crippen LogP contribution in [0.1, 0.15) is 27.2 Å². The zero-order chi connectivity index (χ0) is 9.41. The Morgan fingerprint density at radius 1 is 1.25 bits per heavy atom. The van der Waals surface area contributed by atoms with Crippen LogP contribution in [-0.2, 0) is 0 Å². The van der Waals surface area contributed by atoms with Gasteiger partial charge < -0.3 is 5.32 Å². The largest absolute Gasteiger partial charge is 0.317 e. The fraction of sp³-hybridized carbons (Fsp3) is 1.00. The molecule has 0 aromatic rings. The second-order valence-electron chi connectivity index (χ2n) is 5.66. The molecule has 0 spiro atoms. The molecule has 0 aliphatic carbocycles. The summed E-state index contributed by atoms with van der Waals surface area (Å²) in [6, 6.07) is 0. The molecule has 1 N–H and O–H groups in total. The summed E-state index contributed by atoms with van der Waals surface area (Å²) in [5.74, 6) is 0. The molecule has 12 heavy (non-hydrogen) atoms. The number of nitrogens with one attached hydrogen (secondary N) is 1. The molecule has 0 saturated carbocycles. The zero-order valence-electron chi connectivity index (χ0n) is 9.20. The van der Waals surface area contributed by atoms with Gasteiger partial charge in [0.25, 0.3) is 0 Å². The highest BCUT2D eigenvalue weighted by Crippen LogP contribution is 2.45. The summed E-state index contributed by atoms with van der Waals surface area (Å²) in [7, 11) is -1.03. The fourth-order valence-corrected chi connectivity index (χ4v) is 4.63. The molecule has 0 amide bonds. The Balaban J connectivity index is 2.69. The molecular formula is C10H23NSi. The first kappa shape index (κ1) is 10.3. The van der Waals surface area contributed by atoms with Gasteiger partial charge in [0, 0.05) is 0 Å². The Morgan fingerprint density at radius 3 is 2.17 bits per heavy atom. The Bertz CT molecular complexity index is 152. The van der Waals surface area contributed by atoms with E-state index in [-0.39, 0.29) is 0 Å². The average molecular weight is 185 g/mol. The minimum Gasteiger partial charge on any atom is -0.317 e. The molecule has 1 fully saturated rings. The third kappa shape index (κ3) is 1.74. The first-order chi connectivity index (χ1) is 5.36. The van der Waals surface area contributed by atoms with Gasteiger partial charge in [0.05, 0.1) is 8.07 Å². The van der Waals surface area contributed by atoms with E-state index in [2.05, 4.69) is 39.2 Å². The van der Waals surface area contributed by atoms with E-state index in [9.17, 15) is 0 Å². The lowest BCUT2D eigenvalue weighted by atomic mass is 10.2. The summed E-state index contributed by atoms with van der Waals surface area (Å²) in [4.78, 5) is 0. The van der Waals surface area contributed by atoms with Gasteiger partial charge in [-0.15, -0.1) is 0 Å². The van der Waals surface area contributed by atoms with Crippen LogP contribution in [0.3, 0.4) is 0 Å². The van der Waals surface area contributed by atoms with Crippen molar-refractivity contribution in [1.29, 1.82) is 0 Å². The van der Waals surface area contributed by atoms with E-state index in [1.807, 2.05) is 0 Å². The van der Waals surface area contributed by atoms with Crippen molar-refractivity contribution in [3.8, 4) is 0 Å². The molecule has 1 rings (SSSR count). The molecule has 1 saturated heterocycles. The van der Waals surface area contributed by atoms with Crippen LogP contribution in [-0.4, -0.2) is 21.2 Å². The van der Waals surface area contributed by atoms with E-state index in [4.69, 9.17) is 0 Å². The second-order valence-corrected chi connectivity index (χ2v) is 11.4. The molecule has 72 valence electrons. The Hall–Kier alpha value is 0.177. The van der Waals surface area contributed by atoms with Gasteiger partial charge >= 0.3 is 0 Å². The van der Waals surface area contributed by atoms with Gasteiger partial charge in [0.15, 0.2) is 0 Å². The molecule has 0 aromatic carbocycles. The lowest BCUT2D eigenvalue weighted by molar-refractivity contribution is 0.682. The monoisotopic (exact) mass is 185 g/mol. The topological polar surface area (TPSA) is 12.0 Å². The molecule has 1 aliphatic heterocycles. The van der Waals surface area contributed by atoms with Crippen molar-refractivity contribution in [3.63, 3.8) is 0 Å². The van der Waals surface area contributed by atoms with Gasteiger partial charge in [-0.25, -0.2) is 0 Å². The highest BCUT2D eigenvalue weighted by molar-refractivity contribution is 6.81. The van der Waals surface area contributed by atoms with Gasteiger partial charge in [0.1, 0.15) is 0 Å². The maximum absolute atomic E-state index is 3.49. The first-order valence-corrected chi connectivity index (χ1v) is 8.14. The van der Waals surface area contributed by atoms with Crippen LogP contribution in [0.5, 0.6) is 0 Å². The molecule has 0 aromatic heterocycles. The van der Waals surface area contributed by atoms with Crippen LogP contribution >= 0.6 is 0 Å². The van der Waals surface area contributed by atoms with Crippen LogP contribution < -0.4 is 5.32 Å². The van der Waals surface area contributed by atoms with Crippen LogP contribution in [0.15, 0.2) is 0 Å². The molecule has 2 heteroatoms. The van der Waals surface area contributed by atoms with E-state index < -0.39 is 8.07 Å². The van der Waals surface area contributed by atoms with Gasteiger partial charge in [-0.05, 0) is 30.1 Å². The van der Waals surface area contributed by atoms with E-state index in [1.165, 1.54) is 19.5 Å². The first-order valence-electron chi connectivity index (χ1n) is 5.06. The predicted molar refractivity (Wildman–Crippen MR) is 58.4 cm³/mol. The highest BCUT2D eigenvalue weighted by atomic mass is 28.3. The number of hydrogen-bond acceptors (Lipinski definition) is 1. The third-order valence-electron chi connectivity index (χ3n) is 4.01. The summed E-state index contributed by atoms with van der Waals surface area (Å²) in [5.41, 5.74) is 0.998. The van der Waals surface area contributed by atoms with E-state index in [0.29, 0.717) is 5.04 Å². The molecule has 0 unspecified atom stereocenters. The molecule has 0 radical (unpaired) electrons. The normalized spacial score (nSPS) is 26.2. The Labute approximate surface area is 77.9 Å².